The summed E-state index contributed by atoms with van der Waals surface area (Å²) in [5, 5.41) is 18.2. The Morgan fingerprint density at radius 1 is 1.13 bits per heavy atom. The summed E-state index contributed by atoms with van der Waals surface area (Å²) in [5.74, 6) is 0.429. The normalized spacial score (nSPS) is 15.9. The minimum atomic E-state index is -0.498. The van der Waals surface area contributed by atoms with Crippen LogP contribution >= 0.6 is 11.6 Å². The molecule has 1 fully saturated rings. The van der Waals surface area contributed by atoms with Gasteiger partial charge in [-0.1, -0.05) is 29.8 Å². The molecule has 154 valence electrons. The molecule has 3 aromatic rings. The highest BCUT2D eigenvalue weighted by Gasteiger charge is 2.23. The van der Waals surface area contributed by atoms with E-state index >= 15 is 0 Å². The van der Waals surface area contributed by atoms with Crippen molar-refractivity contribution in [2.45, 2.75) is 6.42 Å². The molecular formula is C21H20ClN5O3. The molecule has 1 aliphatic heterocycles. The second kappa shape index (κ2) is 8.54. The van der Waals surface area contributed by atoms with Crippen molar-refractivity contribution in [2.75, 3.05) is 29.9 Å². The lowest BCUT2D eigenvalue weighted by atomic mass is 10.1. The van der Waals surface area contributed by atoms with Crippen molar-refractivity contribution in [1.82, 2.24) is 9.78 Å². The summed E-state index contributed by atoms with van der Waals surface area (Å²) in [6.45, 7) is 2.61. The van der Waals surface area contributed by atoms with E-state index in [4.69, 9.17) is 11.6 Å². The summed E-state index contributed by atoms with van der Waals surface area (Å²) in [4.78, 5) is 25.3. The van der Waals surface area contributed by atoms with Gasteiger partial charge < -0.3 is 10.2 Å². The molecule has 9 heteroatoms. The Bertz CT molecular complexity index is 1100. The second-order valence-electron chi connectivity index (χ2n) is 7.18. The molecular weight excluding hydrogens is 406 g/mol. The topological polar surface area (TPSA) is 93.3 Å². The number of non-ortho nitro benzene ring substituents is 1. The van der Waals surface area contributed by atoms with Gasteiger partial charge in [-0.05, 0) is 36.6 Å². The lowest BCUT2D eigenvalue weighted by molar-refractivity contribution is -0.384. The van der Waals surface area contributed by atoms with E-state index in [-0.39, 0.29) is 10.7 Å². The number of hydrogen-bond acceptors (Lipinski definition) is 6. The molecule has 2 aromatic carbocycles. The Labute approximate surface area is 177 Å². The van der Waals surface area contributed by atoms with Crippen LogP contribution in [-0.2, 0) is 0 Å². The molecule has 8 nitrogen and oxygen atoms in total. The zero-order valence-electron chi connectivity index (χ0n) is 16.1. The first-order valence-electron chi connectivity index (χ1n) is 9.59. The highest BCUT2D eigenvalue weighted by molar-refractivity contribution is 6.32. The number of nitrogens with zero attached hydrogens (tertiary/aromatic N) is 4. The summed E-state index contributed by atoms with van der Waals surface area (Å²) < 4.78 is 1.13. The van der Waals surface area contributed by atoms with Gasteiger partial charge in [0.1, 0.15) is 5.02 Å². The zero-order valence-corrected chi connectivity index (χ0v) is 16.8. The fraction of sp³-hybridized carbons (Fsp3) is 0.238. The third-order valence-electron chi connectivity index (χ3n) is 5.21. The first kappa shape index (κ1) is 19.9. The molecule has 0 bridgehead atoms. The number of nitro groups is 1. The van der Waals surface area contributed by atoms with Gasteiger partial charge in [0, 0.05) is 37.5 Å². The lowest BCUT2D eigenvalue weighted by Crippen LogP contribution is -2.25. The van der Waals surface area contributed by atoms with E-state index in [0.29, 0.717) is 23.8 Å². The highest BCUT2D eigenvalue weighted by Crippen LogP contribution is 2.25. The van der Waals surface area contributed by atoms with Crippen molar-refractivity contribution in [3.8, 4) is 5.69 Å². The molecule has 1 atom stereocenters. The minimum absolute atomic E-state index is 0.0428. The van der Waals surface area contributed by atoms with Gasteiger partial charge in [0.2, 0.25) is 0 Å². The first-order chi connectivity index (χ1) is 14.5. The highest BCUT2D eigenvalue weighted by atomic mass is 35.5. The van der Waals surface area contributed by atoms with Crippen LogP contribution in [0.5, 0.6) is 0 Å². The van der Waals surface area contributed by atoms with Gasteiger partial charge in [0.25, 0.3) is 11.2 Å². The van der Waals surface area contributed by atoms with Crippen molar-refractivity contribution < 1.29 is 4.92 Å². The van der Waals surface area contributed by atoms with Crippen LogP contribution in [0.2, 0.25) is 5.02 Å². The molecule has 0 saturated carbocycles. The largest absolute Gasteiger partial charge is 0.382 e. The standard InChI is InChI=1S/C21H20ClN5O3/c22-20-19(23-12-15-10-11-25(14-15)16-4-2-1-3-5-16)13-24-26(21(20)28)17-6-8-18(9-7-17)27(29)30/h1-9,13,15,23H,10-12,14H2. The number of benzene rings is 2. The monoisotopic (exact) mass is 425 g/mol. The summed E-state index contributed by atoms with van der Waals surface area (Å²) in [7, 11) is 0. The number of nitro benzene ring substituents is 1. The van der Waals surface area contributed by atoms with E-state index in [1.165, 1.54) is 36.1 Å². The van der Waals surface area contributed by atoms with Gasteiger partial charge >= 0.3 is 0 Å². The molecule has 1 unspecified atom stereocenters. The molecule has 0 radical (unpaired) electrons. The molecule has 30 heavy (non-hydrogen) atoms. The average Bonchev–Trinajstić information content (AvgIpc) is 3.25. The van der Waals surface area contributed by atoms with Crippen molar-refractivity contribution in [3.63, 3.8) is 0 Å². The van der Waals surface area contributed by atoms with E-state index < -0.39 is 10.5 Å². The Balaban J connectivity index is 1.43. The number of hydrogen-bond donors (Lipinski definition) is 1. The van der Waals surface area contributed by atoms with Gasteiger partial charge in [0.15, 0.2) is 0 Å². The first-order valence-corrected chi connectivity index (χ1v) is 9.97. The molecule has 1 aromatic heterocycles. The van der Waals surface area contributed by atoms with Gasteiger partial charge in [-0.3, -0.25) is 14.9 Å². The van der Waals surface area contributed by atoms with E-state index in [2.05, 4.69) is 27.4 Å². The van der Waals surface area contributed by atoms with Crippen LogP contribution in [0.1, 0.15) is 6.42 Å². The van der Waals surface area contributed by atoms with Crippen molar-refractivity contribution >= 4 is 28.7 Å². The van der Waals surface area contributed by atoms with Crippen LogP contribution in [0.25, 0.3) is 5.69 Å². The SMILES string of the molecule is O=c1c(Cl)c(NCC2CCN(c3ccccc3)C2)cnn1-c1ccc([N+](=O)[O-])cc1. The maximum Gasteiger partial charge on any atom is 0.292 e. The quantitative estimate of drug-likeness (QED) is 0.477. The van der Waals surface area contributed by atoms with Crippen molar-refractivity contribution in [3.05, 3.63) is 86.3 Å². The molecule has 2 heterocycles. The molecule has 0 spiro atoms. The minimum Gasteiger partial charge on any atom is -0.382 e. The fourth-order valence-corrected chi connectivity index (χ4v) is 3.78. The van der Waals surface area contributed by atoms with Gasteiger partial charge in [-0.15, -0.1) is 0 Å². The summed E-state index contributed by atoms with van der Waals surface area (Å²) >= 11 is 6.29. The maximum absolute atomic E-state index is 12.6. The average molecular weight is 426 g/mol. The summed E-state index contributed by atoms with van der Waals surface area (Å²) in [5.41, 5.74) is 1.57. The Kier molecular flexibility index (Phi) is 5.67. The zero-order chi connectivity index (χ0) is 21.1. The van der Waals surface area contributed by atoms with E-state index in [1.807, 2.05) is 18.2 Å². The van der Waals surface area contributed by atoms with Gasteiger partial charge in [0.05, 0.1) is 22.5 Å². The fourth-order valence-electron chi connectivity index (χ4n) is 3.58. The number of rotatable bonds is 6. The van der Waals surface area contributed by atoms with E-state index in [0.717, 1.165) is 24.2 Å². The number of aromatic nitrogens is 2. The third kappa shape index (κ3) is 4.13. The number of nitrogens with one attached hydrogen (secondary N) is 1. The smallest absolute Gasteiger partial charge is 0.292 e. The summed E-state index contributed by atoms with van der Waals surface area (Å²) in [6, 6.07) is 15.9. The van der Waals surface area contributed by atoms with Crippen molar-refractivity contribution in [2.24, 2.45) is 5.92 Å². The molecule has 0 amide bonds. The lowest BCUT2D eigenvalue weighted by Gasteiger charge is -2.19. The predicted molar refractivity (Wildman–Crippen MR) is 117 cm³/mol. The molecule has 1 saturated heterocycles. The molecule has 4 rings (SSSR count). The Hall–Kier alpha value is -3.39. The van der Waals surface area contributed by atoms with Crippen LogP contribution in [0.3, 0.4) is 0 Å². The Morgan fingerprint density at radius 2 is 1.87 bits per heavy atom. The van der Waals surface area contributed by atoms with Crippen molar-refractivity contribution in [1.29, 1.82) is 0 Å². The van der Waals surface area contributed by atoms with E-state index in [1.54, 1.807) is 0 Å². The van der Waals surface area contributed by atoms with Crippen LogP contribution in [0, 0.1) is 16.0 Å². The predicted octanol–water partition coefficient (Wildman–Crippen LogP) is 3.73. The number of anilines is 2. The molecule has 1 aliphatic rings. The van der Waals surface area contributed by atoms with E-state index in [9.17, 15) is 14.9 Å². The Morgan fingerprint density at radius 3 is 2.57 bits per heavy atom. The third-order valence-corrected chi connectivity index (χ3v) is 5.58. The number of para-hydroxylation sites is 1. The van der Waals surface area contributed by atoms with Crippen LogP contribution in [0.4, 0.5) is 17.1 Å². The summed E-state index contributed by atoms with van der Waals surface area (Å²) in [6.07, 6.45) is 2.56. The maximum atomic E-state index is 12.6. The number of halogens is 1. The van der Waals surface area contributed by atoms with Crippen LogP contribution in [0.15, 0.2) is 65.6 Å². The van der Waals surface area contributed by atoms with Crippen LogP contribution in [-0.4, -0.2) is 34.3 Å². The second-order valence-corrected chi connectivity index (χ2v) is 7.56. The van der Waals surface area contributed by atoms with Gasteiger partial charge in [-0.2, -0.15) is 9.78 Å². The molecule has 0 aliphatic carbocycles. The molecule has 1 N–H and O–H groups in total. The van der Waals surface area contributed by atoms with Crippen LogP contribution < -0.4 is 15.8 Å². The van der Waals surface area contributed by atoms with Gasteiger partial charge in [-0.25, -0.2) is 0 Å².